The molecule has 0 spiro atoms. The zero-order valence-electron chi connectivity index (χ0n) is 13.6. The van der Waals surface area contributed by atoms with Gasteiger partial charge in [-0.05, 0) is 57.4 Å². The highest BCUT2D eigenvalue weighted by atomic mass is 32.2. The first-order valence-electron chi connectivity index (χ1n) is 7.76. The van der Waals surface area contributed by atoms with E-state index in [0.717, 1.165) is 12.0 Å². The van der Waals surface area contributed by atoms with E-state index in [1.165, 1.54) is 4.31 Å². The van der Waals surface area contributed by atoms with Gasteiger partial charge in [0.2, 0.25) is 10.0 Å². The molecule has 1 aliphatic rings. The lowest BCUT2D eigenvalue weighted by atomic mass is 10.1. The molecule has 0 bridgehead atoms. The average molecular weight is 324 g/mol. The molecule has 6 heteroatoms. The molecule has 1 aromatic carbocycles. The van der Waals surface area contributed by atoms with E-state index in [1.807, 2.05) is 26.8 Å². The van der Waals surface area contributed by atoms with Gasteiger partial charge >= 0.3 is 0 Å². The third-order valence-electron chi connectivity index (χ3n) is 4.15. The van der Waals surface area contributed by atoms with E-state index in [-0.39, 0.29) is 23.7 Å². The Hall–Kier alpha value is -1.56. The molecule has 0 unspecified atom stereocenters. The van der Waals surface area contributed by atoms with Crippen molar-refractivity contribution in [3.63, 3.8) is 0 Å². The Bertz CT molecular complexity index is 670. The summed E-state index contributed by atoms with van der Waals surface area (Å²) in [4.78, 5) is 12.2. The number of rotatable bonds is 5. The van der Waals surface area contributed by atoms with Gasteiger partial charge < -0.3 is 5.32 Å². The predicted octanol–water partition coefficient (Wildman–Crippen LogP) is 2.32. The van der Waals surface area contributed by atoms with Crippen molar-refractivity contribution in [2.24, 2.45) is 0 Å². The molecule has 1 aliphatic heterocycles. The summed E-state index contributed by atoms with van der Waals surface area (Å²) in [7, 11) is -3.28. The molecule has 0 radical (unpaired) electrons. The lowest BCUT2D eigenvalue weighted by molar-refractivity contribution is 0.0939. The molecule has 1 amide bonds. The Morgan fingerprint density at radius 1 is 1.41 bits per heavy atom. The van der Waals surface area contributed by atoms with Crippen molar-refractivity contribution in [1.29, 1.82) is 0 Å². The molecular formula is C16H24N2O3S. The fourth-order valence-corrected chi connectivity index (χ4v) is 4.09. The van der Waals surface area contributed by atoms with Crippen LogP contribution in [0, 0.1) is 0 Å². The fourth-order valence-electron chi connectivity index (χ4n) is 2.72. The highest BCUT2D eigenvalue weighted by molar-refractivity contribution is 7.92. The predicted molar refractivity (Wildman–Crippen MR) is 88.8 cm³/mol. The Kier molecular flexibility index (Phi) is 4.80. The zero-order chi connectivity index (χ0) is 16.5. The standard InChI is InChI=1S/C16H24N2O3S/c1-5-11(3)17-16(19)13-7-8-15-14(10-13)9-12(4)18(15)22(20,21)6-2/h7-8,10-12H,5-6,9H2,1-4H3,(H,17,19)/t11-,12-/m0/s1. The number of benzene rings is 1. The zero-order valence-corrected chi connectivity index (χ0v) is 14.4. The summed E-state index contributed by atoms with van der Waals surface area (Å²) in [6.45, 7) is 7.52. The number of amides is 1. The van der Waals surface area contributed by atoms with Crippen LogP contribution in [0.4, 0.5) is 5.69 Å². The number of carbonyl (C=O) groups is 1. The molecule has 2 atom stereocenters. The van der Waals surface area contributed by atoms with E-state index in [0.29, 0.717) is 17.7 Å². The second-order valence-electron chi connectivity index (χ2n) is 5.88. The van der Waals surface area contributed by atoms with Crippen molar-refractivity contribution in [3.05, 3.63) is 29.3 Å². The Morgan fingerprint density at radius 2 is 2.09 bits per heavy atom. The summed E-state index contributed by atoms with van der Waals surface area (Å²) < 4.78 is 25.9. The van der Waals surface area contributed by atoms with Crippen LogP contribution in [0.25, 0.3) is 0 Å². The van der Waals surface area contributed by atoms with E-state index in [2.05, 4.69) is 5.32 Å². The molecule has 22 heavy (non-hydrogen) atoms. The van der Waals surface area contributed by atoms with Crippen LogP contribution >= 0.6 is 0 Å². The van der Waals surface area contributed by atoms with Gasteiger partial charge in [-0.3, -0.25) is 9.10 Å². The Morgan fingerprint density at radius 3 is 2.68 bits per heavy atom. The van der Waals surface area contributed by atoms with Crippen LogP contribution in [-0.4, -0.2) is 32.2 Å². The SMILES string of the molecule is CC[C@H](C)NC(=O)c1ccc2c(c1)C[C@H](C)N2S(=O)(=O)CC. The topological polar surface area (TPSA) is 66.5 Å². The number of hydrogen-bond acceptors (Lipinski definition) is 3. The first kappa shape index (κ1) is 16.8. The first-order valence-corrected chi connectivity index (χ1v) is 9.37. The molecule has 2 rings (SSSR count). The third kappa shape index (κ3) is 3.11. The van der Waals surface area contributed by atoms with Crippen LogP contribution in [0.5, 0.6) is 0 Å². The second kappa shape index (κ2) is 6.28. The maximum atomic E-state index is 12.2. The monoisotopic (exact) mass is 324 g/mol. The van der Waals surface area contributed by atoms with Gasteiger partial charge in [-0.25, -0.2) is 8.42 Å². The molecule has 0 saturated heterocycles. The van der Waals surface area contributed by atoms with E-state index in [9.17, 15) is 13.2 Å². The summed E-state index contributed by atoms with van der Waals surface area (Å²) in [5.74, 6) is -0.0332. The van der Waals surface area contributed by atoms with Crippen molar-refractivity contribution in [1.82, 2.24) is 5.32 Å². The smallest absolute Gasteiger partial charge is 0.251 e. The number of anilines is 1. The van der Waals surface area contributed by atoms with Crippen molar-refractivity contribution in [3.8, 4) is 0 Å². The van der Waals surface area contributed by atoms with Gasteiger partial charge in [0.15, 0.2) is 0 Å². The number of fused-ring (bicyclic) bond motifs is 1. The van der Waals surface area contributed by atoms with Crippen LogP contribution in [0.3, 0.4) is 0 Å². The number of nitrogens with zero attached hydrogens (tertiary/aromatic N) is 1. The molecule has 1 aromatic rings. The first-order chi connectivity index (χ1) is 10.3. The maximum absolute atomic E-state index is 12.2. The van der Waals surface area contributed by atoms with Crippen molar-refractivity contribution in [2.45, 2.75) is 52.6 Å². The van der Waals surface area contributed by atoms with E-state index >= 15 is 0 Å². The molecule has 5 nitrogen and oxygen atoms in total. The van der Waals surface area contributed by atoms with Crippen molar-refractivity contribution < 1.29 is 13.2 Å². The van der Waals surface area contributed by atoms with Crippen molar-refractivity contribution >= 4 is 21.6 Å². The van der Waals surface area contributed by atoms with E-state index in [1.54, 1.807) is 19.1 Å². The van der Waals surface area contributed by atoms with Crippen LogP contribution in [0.1, 0.15) is 50.0 Å². The van der Waals surface area contributed by atoms with E-state index < -0.39 is 10.0 Å². The van der Waals surface area contributed by atoms with Crippen LogP contribution in [0.2, 0.25) is 0 Å². The molecule has 0 aromatic heterocycles. The molecule has 0 saturated carbocycles. The fraction of sp³-hybridized carbons (Fsp3) is 0.562. The Balaban J connectivity index is 2.31. The van der Waals surface area contributed by atoms with Gasteiger partial charge in [0.1, 0.15) is 0 Å². The maximum Gasteiger partial charge on any atom is 0.251 e. The van der Waals surface area contributed by atoms with Crippen LogP contribution in [0.15, 0.2) is 18.2 Å². The minimum absolute atomic E-state index is 0.0764. The van der Waals surface area contributed by atoms with E-state index in [4.69, 9.17) is 0 Å². The highest BCUT2D eigenvalue weighted by Gasteiger charge is 2.34. The minimum Gasteiger partial charge on any atom is -0.350 e. The highest BCUT2D eigenvalue weighted by Crippen LogP contribution is 2.35. The summed E-state index contributed by atoms with van der Waals surface area (Å²) >= 11 is 0. The summed E-state index contributed by atoms with van der Waals surface area (Å²) in [5, 5.41) is 2.93. The lowest BCUT2D eigenvalue weighted by Crippen LogP contribution is -2.36. The van der Waals surface area contributed by atoms with Crippen LogP contribution < -0.4 is 9.62 Å². The summed E-state index contributed by atoms with van der Waals surface area (Å²) in [5.41, 5.74) is 2.21. The van der Waals surface area contributed by atoms with Gasteiger partial charge in [-0.15, -0.1) is 0 Å². The Labute approximate surface area is 132 Å². The second-order valence-corrected chi connectivity index (χ2v) is 8.01. The van der Waals surface area contributed by atoms with Gasteiger partial charge in [-0.2, -0.15) is 0 Å². The molecule has 122 valence electrons. The van der Waals surface area contributed by atoms with Gasteiger partial charge in [-0.1, -0.05) is 6.92 Å². The number of carbonyl (C=O) groups excluding carboxylic acids is 1. The minimum atomic E-state index is -3.28. The van der Waals surface area contributed by atoms with Gasteiger partial charge in [0.05, 0.1) is 11.4 Å². The largest absolute Gasteiger partial charge is 0.350 e. The normalized spacial score (nSPS) is 18.9. The van der Waals surface area contributed by atoms with Gasteiger partial charge in [0.25, 0.3) is 5.91 Å². The number of hydrogen-bond donors (Lipinski definition) is 1. The number of sulfonamides is 1. The van der Waals surface area contributed by atoms with Gasteiger partial charge in [0, 0.05) is 17.6 Å². The average Bonchev–Trinajstić information content (AvgIpc) is 2.82. The summed E-state index contributed by atoms with van der Waals surface area (Å²) in [6.07, 6.45) is 1.51. The summed E-state index contributed by atoms with van der Waals surface area (Å²) in [6, 6.07) is 5.28. The lowest BCUT2D eigenvalue weighted by Gasteiger charge is -2.23. The van der Waals surface area contributed by atoms with Crippen molar-refractivity contribution in [2.75, 3.05) is 10.1 Å². The molecule has 0 fully saturated rings. The molecule has 0 aliphatic carbocycles. The van der Waals surface area contributed by atoms with Crippen LogP contribution in [-0.2, 0) is 16.4 Å². The third-order valence-corrected chi connectivity index (χ3v) is 6.03. The molecular weight excluding hydrogens is 300 g/mol. The quantitative estimate of drug-likeness (QED) is 0.904. The number of nitrogens with one attached hydrogen (secondary N) is 1. The molecule has 1 N–H and O–H groups in total. The molecule has 1 heterocycles.